The number of piperidine rings is 1. The van der Waals surface area contributed by atoms with Gasteiger partial charge in [-0.05, 0) is 64.2 Å². The Morgan fingerprint density at radius 1 is 1.26 bits per heavy atom. The van der Waals surface area contributed by atoms with E-state index in [1.807, 2.05) is 40.7 Å². The van der Waals surface area contributed by atoms with Crippen LogP contribution in [0, 0.1) is 34.5 Å². The Hall–Kier alpha value is -3.14. The quantitative estimate of drug-likeness (QED) is 0.330. The summed E-state index contributed by atoms with van der Waals surface area (Å²) in [5.74, 6) is -4.79. The first-order chi connectivity index (χ1) is 19.4. The van der Waals surface area contributed by atoms with Gasteiger partial charge in [0.05, 0.1) is 12.2 Å². The highest BCUT2D eigenvalue weighted by Crippen LogP contribution is 2.65. The number of carbonyl (C=O) groups is 4. The number of halogens is 3. The number of allylic oxidation sites excluding steroid dienone is 1. The number of rotatable bonds is 10. The predicted octanol–water partition coefficient (Wildman–Crippen LogP) is 2.84. The smallest absolute Gasteiger partial charge is 0.376 e. The van der Waals surface area contributed by atoms with Gasteiger partial charge in [-0.15, -0.1) is 6.58 Å². The Bertz CT molecular complexity index is 1090. The first kappa shape index (κ1) is 35.1. The highest BCUT2D eigenvalue weighted by atomic mass is 19.4. The Morgan fingerprint density at radius 2 is 1.86 bits per heavy atom. The summed E-state index contributed by atoms with van der Waals surface area (Å²) in [5.41, 5.74) is -0.733. The van der Waals surface area contributed by atoms with Crippen LogP contribution in [0.25, 0.3) is 0 Å². The molecule has 0 aromatic carbocycles. The van der Waals surface area contributed by atoms with Gasteiger partial charge in [0.1, 0.15) is 18.1 Å². The van der Waals surface area contributed by atoms with E-state index in [-0.39, 0.29) is 42.7 Å². The summed E-state index contributed by atoms with van der Waals surface area (Å²) in [7, 11) is 0. The molecule has 3 rings (SSSR count). The van der Waals surface area contributed by atoms with Gasteiger partial charge in [0.15, 0.2) is 0 Å². The summed E-state index contributed by atoms with van der Waals surface area (Å²) in [6.45, 7) is 16.3. The summed E-state index contributed by atoms with van der Waals surface area (Å²) in [6, 6.07) is -1.71. The summed E-state index contributed by atoms with van der Waals surface area (Å²) in [5, 5.41) is 17.0. The molecular weight excluding hydrogens is 555 g/mol. The van der Waals surface area contributed by atoms with Crippen LogP contribution in [0.5, 0.6) is 0 Å². The van der Waals surface area contributed by atoms with Crippen molar-refractivity contribution in [2.24, 2.45) is 23.2 Å². The van der Waals surface area contributed by atoms with Crippen LogP contribution < -0.4 is 16.0 Å². The molecule has 1 aliphatic carbocycles. The van der Waals surface area contributed by atoms with Gasteiger partial charge in [0.25, 0.3) is 0 Å². The number of alkyl halides is 3. The highest BCUT2D eigenvalue weighted by Gasteiger charge is 2.69. The van der Waals surface area contributed by atoms with Crippen LogP contribution in [-0.2, 0) is 23.9 Å². The number of hydrogen-bond donors (Lipinski definition) is 3. The lowest BCUT2D eigenvalue weighted by Crippen LogP contribution is -2.60. The number of amides is 4. The monoisotopic (exact) mass is 599 g/mol. The molecule has 2 heterocycles. The number of nitriles is 1. The van der Waals surface area contributed by atoms with Crippen molar-refractivity contribution in [1.29, 1.82) is 5.26 Å². The van der Waals surface area contributed by atoms with Crippen LogP contribution in [0.2, 0.25) is 0 Å². The van der Waals surface area contributed by atoms with Gasteiger partial charge in [-0.25, -0.2) is 0 Å². The zero-order chi connectivity index (χ0) is 32.2. The van der Waals surface area contributed by atoms with E-state index < -0.39 is 59.6 Å². The Labute approximate surface area is 245 Å². The molecule has 7 unspecified atom stereocenters. The second kappa shape index (κ2) is 13.4. The van der Waals surface area contributed by atoms with E-state index in [1.54, 1.807) is 18.3 Å². The van der Waals surface area contributed by atoms with Crippen molar-refractivity contribution in [3.8, 4) is 6.07 Å². The molecule has 2 aliphatic heterocycles. The molecule has 0 aromatic heterocycles. The van der Waals surface area contributed by atoms with Gasteiger partial charge in [0, 0.05) is 24.6 Å². The van der Waals surface area contributed by atoms with E-state index in [2.05, 4.69) is 17.2 Å². The Morgan fingerprint density at radius 3 is 2.33 bits per heavy atom. The third-order valence-electron chi connectivity index (χ3n) is 8.21. The predicted molar refractivity (Wildman–Crippen MR) is 148 cm³/mol. The second-order valence-electron chi connectivity index (χ2n) is 12.5. The number of hydrogen-bond acceptors (Lipinski definition) is 6. The normalized spacial score (nSPS) is 27.2. The maximum atomic E-state index is 13.6. The first-order valence-electron chi connectivity index (χ1n) is 14.2. The SMILES string of the molecule is C=CC.CCCOC(C)C(NC(=O)C(F)(F)F)C(=O)N1CC2C(C1C(=O)NC(C#N)CC1CC(C)(C)NC1=O)C2(C)C. The molecule has 13 heteroatoms. The number of nitrogens with zero attached hydrogens (tertiary/aromatic N) is 2. The van der Waals surface area contributed by atoms with Crippen molar-refractivity contribution in [1.82, 2.24) is 20.9 Å². The molecule has 3 aliphatic rings. The van der Waals surface area contributed by atoms with Crippen molar-refractivity contribution in [2.45, 2.75) is 104 Å². The van der Waals surface area contributed by atoms with E-state index in [9.17, 15) is 37.6 Å². The lowest BCUT2D eigenvalue weighted by Gasteiger charge is -2.35. The summed E-state index contributed by atoms with van der Waals surface area (Å²) >= 11 is 0. The average Bonchev–Trinajstić information content (AvgIpc) is 3.16. The van der Waals surface area contributed by atoms with Crippen molar-refractivity contribution < 1.29 is 37.1 Å². The third kappa shape index (κ3) is 8.02. The molecule has 236 valence electrons. The lowest BCUT2D eigenvalue weighted by molar-refractivity contribution is -0.176. The van der Waals surface area contributed by atoms with E-state index in [4.69, 9.17) is 4.74 Å². The van der Waals surface area contributed by atoms with Gasteiger partial charge in [-0.1, -0.05) is 26.8 Å². The molecule has 0 radical (unpaired) electrons. The number of nitrogens with one attached hydrogen (secondary N) is 3. The maximum absolute atomic E-state index is 13.6. The van der Waals surface area contributed by atoms with Gasteiger partial charge in [-0.2, -0.15) is 18.4 Å². The molecule has 0 bridgehead atoms. The van der Waals surface area contributed by atoms with E-state index in [0.29, 0.717) is 12.8 Å². The van der Waals surface area contributed by atoms with Crippen LogP contribution >= 0.6 is 0 Å². The first-order valence-corrected chi connectivity index (χ1v) is 14.2. The summed E-state index contributed by atoms with van der Waals surface area (Å²) < 4.78 is 44.7. The fourth-order valence-corrected chi connectivity index (χ4v) is 6.07. The molecule has 3 fully saturated rings. The fourth-order valence-electron chi connectivity index (χ4n) is 6.07. The minimum atomic E-state index is -5.21. The number of fused-ring (bicyclic) bond motifs is 1. The molecule has 42 heavy (non-hydrogen) atoms. The zero-order valence-corrected chi connectivity index (χ0v) is 25.4. The fraction of sp³-hybridized carbons (Fsp3) is 0.759. The second-order valence-corrected chi connectivity index (χ2v) is 12.5. The van der Waals surface area contributed by atoms with Gasteiger partial charge in [-0.3, -0.25) is 19.2 Å². The highest BCUT2D eigenvalue weighted by molar-refractivity contribution is 5.95. The Kier molecular flexibility index (Phi) is 11.2. The largest absolute Gasteiger partial charge is 0.471 e. The molecular formula is C29H44F3N5O5. The van der Waals surface area contributed by atoms with Gasteiger partial charge < -0.3 is 25.6 Å². The van der Waals surface area contributed by atoms with Crippen LogP contribution in [0.4, 0.5) is 13.2 Å². The van der Waals surface area contributed by atoms with E-state index in [0.717, 1.165) is 0 Å². The van der Waals surface area contributed by atoms with E-state index in [1.165, 1.54) is 11.8 Å². The molecule has 0 spiro atoms. The van der Waals surface area contributed by atoms with Crippen LogP contribution in [-0.4, -0.2) is 77.6 Å². The minimum Gasteiger partial charge on any atom is -0.376 e. The number of ether oxygens (including phenoxy) is 1. The molecule has 7 atom stereocenters. The third-order valence-corrected chi connectivity index (χ3v) is 8.21. The standard InChI is InChI=1S/C26H38F3N5O5.C3H6/c1-7-8-39-13(2)18(32-23(38)26(27,28)29)22(37)34-12-16-17(25(16,5)6)19(34)21(36)31-15(11-30)9-14-10-24(3,4)33-20(14)35;1-3-2/h13-19H,7-10,12H2,1-6H3,(H,31,36)(H,32,38)(H,33,35);3H,1H2,2H3. The summed E-state index contributed by atoms with van der Waals surface area (Å²) in [6.07, 6.45) is -3.44. The van der Waals surface area contributed by atoms with Crippen molar-refractivity contribution >= 4 is 23.6 Å². The molecule has 4 amide bonds. The van der Waals surface area contributed by atoms with Crippen molar-refractivity contribution in [3.05, 3.63) is 12.7 Å². The van der Waals surface area contributed by atoms with Crippen molar-refractivity contribution in [2.75, 3.05) is 13.2 Å². The minimum absolute atomic E-state index is 0.0787. The zero-order valence-electron chi connectivity index (χ0n) is 25.4. The Balaban J connectivity index is 0.00000197. The lowest BCUT2D eigenvalue weighted by atomic mass is 9.91. The van der Waals surface area contributed by atoms with Crippen molar-refractivity contribution in [3.63, 3.8) is 0 Å². The molecule has 2 saturated heterocycles. The van der Waals surface area contributed by atoms with Crippen LogP contribution in [0.3, 0.4) is 0 Å². The molecule has 3 N–H and O–H groups in total. The molecule has 0 aromatic rings. The molecule has 1 saturated carbocycles. The average molecular weight is 600 g/mol. The van der Waals surface area contributed by atoms with Gasteiger partial charge >= 0.3 is 12.1 Å². The van der Waals surface area contributed by atoms with Gasteiger partial charge in [0.2, 0.25) is 17.7 Å². The number of likely N-dealkylation sites (tertiary alicyclic amines) is 1. The van der Waals surface area contributed by atoms with Crippen LogP contribution in [0.15, 0.2) is 12.7 Å². The van der Waals surface area contributed by atoms with Crippen LogP contribution in [0.1, 0.15) is 67.7 Å². The topological polar surface area (TPSA) is 141 Å². The molecule has 10 nitrogen and oxygen atoms in total. The van der Waals surface area contributed by atoms with E-state index >= 15 is 0 Å². The maximum Gasteiger partial charge on any atom is 0.471 e. The summed E-state index contributed by atoms with van der Waals surface area (Å²) in [4.78, 5) is 52.4. The number of carbonyl (C=O) groups excluding carboxylic acids is 4.